The predicted molar refractivity (Wildman–Crippen MR) is 68.4 cm³/mol. The van der Waals surface area contributed by atoms with E-state index in [0.717, 1.165) is 24.6 Å². The highest BCUT2D eigenvalue weighted by Gasteiger charge is 2.22. The molecule has 0 spiro atoms. The minimum absolute atomic E-state index is 0.0343. The van der Waals surface area contributed by atoms with E-state index in [1.54, 1.807) is 0 Å². The van der Waals surface area contributed by atoms with E-state index in [-0.39, 0.29) is 23.3 Å². The third-order valence-electron chi connectivity index (χ3n) is 2.30. The molecule has 0 saturated heterocycles. The number of rotatable bonds is 9. The minimum atomic E-state index is -0.926. The predicted octanol–water partition coefficient (Wildman–Crippen LogP) is -0.0208. The van der Waals surface area contributed by atoms with Crippen molar-refractivity contribution in [3.05, 3.63) is 0 Å². The SMILES string of the molecule is O=C(O)CSCC(=O)NCCCC(=O)NC1CC1. The van der Waals surface area contributed by atoms with Gasteiger partial charge in [-0.15, -0.1) is 11.8 Å². The zero-order chi connectivity index (χ0) is 13.4. The number of thioether (sulfide) groups is 1. The van der Waals surface area contributed by atoms with Crippen molar-refractivity contribution in [1.29, 1.82) is 0 Å². The normalized spacial score (nSPS) is 14.0. The fourth-order valence-electron chi connectivity index (χ4n) is 1.29. The zero-order valence-corrected chi connectivity index (χ0v) is 10.9. The molecule has 1 aliphatic carbocycles. The monoisotopic (exact) mass is 274 g/mol. The molecule has 0 atom stereocenters. The van der Waals surface area contributed by atoms with E-state index in [9.17, 15) is 14.4 Å². The Morgan fingerprint density at radius 3 is 2.50 bits per heavy atom. The van der Waals surface area contributed by atoms with E-state index in [4.69, 9.17) is 5.11 Å². The molecule has 0 bridgehead atoms. The molecular weight excluding hydrogens is 256 g/mol. The average molecular weight is 274 g/mol. The van der Waals surface area contributed by atoms with Gasteiger partial charge in [0, 0.05) is 19.0 Å². The van der Waals surface area contributed by atoms with Gasteiger partial charge in [0.1, 0.15) is 0 Å². The molecule has 102 valence electrons. The molecule has 1 saturated carbocycles. The van der Waals surface area contributed by atoms with Crippen LogP contribution in [0.3, 0.4) is 0 Å². The highest BCUT2D eigenvalue weighted by Crippen LogP contribution is 2.18. The second-order valence-corrected chi connectivity index (χ2v) is 5.17. The van der Waals surface area contributed by atoms with Gasteiger partial charge >= 0.3 is 5.97 Å². The molecule has 2 amide bonds. The second-order valence-electron chi connectivity index (χ2n) is 4.18. The van der Waals surface area contributed by atoms with Crippen LogP contribution < -0.4 is 10.6 Å². The summed E-state index contributed by atoms with van der Waals surface area (Å²) in [5.74, 6) is -1.02. The van der Waals surface area contributed by atoms with Crippen LogP contribution in [0.2, 0.25) is 0 Å². The van der Waals surface area contributed by atoms with Crippen LogP contribution in [-0.2, 0) is 14.4 Å². The van der Waals surface area contributed by atoms with Crippen molar-refractivity contribution in [3.63, 3.8) is 0 Å². The zero-order valence-electron chi connectivity index (χ0n) is 10.1. The van der Waals surface area contributed by atoms with Crippen LogP contribution in [-0.4, -0.2) is 47.0 Å². The van der Waals surface area contributed by atoms with Crippen molar-refractivity contribution in [2.45, 2.75) is 31.7 Å². The average Bonchev–Trinajstić information content (AvgIpc) is 3.08. The van der Waals surface area contributed by atoms with Gasteiger partial charge in [-0.3, -0.25) is 14.4 Å². The van der Waals surface area contributed by atoms with Crippen LogP contribution in [0.15, 0.2) is 0 Å². The molecule has 1 aliphatic rings. The molecule has 0 aromatic carbocycles. The molecule has 1 rings (SSSR count). The quantitative estimate of drug-likeness (QED) is 0.514. The maximum atomic E-state index is 11.3. The van der Waals surface area contributed by atoms with Gasteiger partial charge in [0.2, 0.25) is 11.8 Å². The maximum Gasteiger partial charge on any atom is 0.313 e. The van der Waals surface area contributed by atoms with Crippen LogP contribution in [0.1, 0.15) is 25.7 Å². The first-order chi connectivity index (χ1) is 8.58. The minimum Gasteiger partial charge on any atom is -0.481 e. The van der Waals surface area contributed by atoms with Crippen LogP contribution >= 0.6 is 11.8 Å². The van der Waals surface area contributed by atoms with Crippen molar-refractivity contribution in [1.82, 2.24) is 10.6 Å². The summed E-state index contributed by atoms with van der Waals surface area (Å²) >= 11 is 1.06. The van der Waals surface area contributed by atoms with Crippen molar-refractivity contribution < 1.29 is 19.5 Å². The van der Waals surface area contributed by atoms with Gasteiger partial charge in [-0.05, 0) is 19.3 Å². The highest BCUT2D eigenvalue weighted by atomic mass is 32.2. The maximum absolute atomic E-state index is 11.3. The molecule has 0 aliphatic heterocycles. The third kappa shape index (κ3) is 7.94. The van der Waals surface area contributed by atoms with Crippen molar-refractivity contribution in [2.75, 3.05) is 18.1 Å². The first kappa shape index (κ1) is 14.8. The topological polar surface area (TPSA) is 95.5 Å². The van der Waals surface area contributed by atoms with Gasteiger partial charge in [-0.25, -0.2) is 0 Å². The van der Waals surface area contributed by atoms with Crippen molar-refractivity contribution in [3.8, 4) is 0 Å². The van der Waals surface area contributed by atoms with Gasteiger partial charge in [0.15, 0.2) is 0 Å². The lowest BCUT2D eigenvalue weighted by Crippen LogP contribution is -2.29. The summed E-state index contributed by atoms with van der Waals surface area (Å²) in [4.78, 5) is 32.7. The van der Waals surface area contributed by atoms with Crippen LogP contribution in [0.25, 0.3) is 0 Å². The molecule has 3 N–H and O–H groups in total. The molecule has 0 aromatic heterocycles. The Kier molecular flexibility index (Phi) is 6.56. The van der Waals surface area contributed by atoms with Gasteiger partial charge < -0.3 is 15.7 Å². The van der Waals surface area contributed by atoms with E-state index in [0.29, 0.717) is 25.4 Å². The summed E-state index contributed by atoms with van der Waals surface area (Å²) in [6.07, 6.45) is 3.17. The summed E-state index contributed by atoms with van der Waals surface area (Å²) in [7, 11) is 0. The largest absolute Gasteiger partial charge is 0.481 e. The Morgan fingerprint density at radius 2 is 1.89 bits per heavy atom. The van der Waals surface area contributed by atoms with E-state index in [2.05, 4.69) is 10.6 Å². The summed E-state index contributed by atoms with van der Waals surface area (Å²) in [5.41, 5.74) is 0. The molecule has 18 heavy (non-hydrogen) atoms. The third-order valence-corrected chi connectivity index (χ3v) is 3.22. The Balaban J connectivity index is 1.91. The number of carboxylic acid groups (broad SMARTS) is 1. The number of carboxylic acids is 1. The molecule has 0 radical (unpaired) electrons. The second kappa shape index (κ2) is 7.97. The van der Waals surface area contributed by atoms with Gasteiger partial charge in [-0.2, -0.15) is 0 Å². The summed E-state index contributed by atoms with van der Waals surface area (Å²) in [5, 5.41) is 13.9. The molecule has 0 heterocycles. The molecule has 6 nitrogen and oxygen atoms in total. The van der Waals surface area contributed by atoms with E-state index < -0.39 is 5.97 Å². The van der Waals surface area contributed by atoms with E-state index in [1.165, 1.54) is 0 Å². The van der Waals surface area contributed by atoms with E-state index in [1.807, 2.05) is 0 Å². The van der Waals surface area contributed by atoms with Gasteiger partial charge in [0.05, 0.1) is 11.5 Å². The lowest BCUT2D eigenvalue weighted by molar-refractivity contribution is -0.134. The van der Waals surface area contributed by atoms with Crippen molar-refractivity contribution in [2.24, 2.45) is 0 Å². The smallest absolute Gasteiger partial charge is 0.313 e. The molecule has 0 aromatic rings. The van der Waals surface area contributed by atoms with Crippen molar-refractivity contribution >= 4 is 29.5 Å². The Morgan fingerprint density at radius 1 is 1.17 bits per heavy atom. The Bertz CT molecular complexity index is 318. The number of hydrogen-bond acceptors (Lipinski definition) is 4. The van der Waals surface area contributed by atoms with Crippen LogP contribution in [0.4, 0.5) is 0 Å². The lowest BCUT2D eigenvalue weighted by atomic mass is 10.3. The van der Waals surface area contributed by atoms with Gasteiger partial charge in [0.25, 0.3) is 0 Å². The fourth-order valence-corrected chi connectivity index (χ4v) is 1.85. The number of hydrogen-bond donors (Lipinski definition) is 3. The molecule has 7 heteroatoms. The number of aliphatic carboxylic acids is 1. The number of nitrogens with one attached hydrogen (secondary N) is 2. The fraction of sp³-hybridized carbons (Fsp3) is 0.727. The Labute approximate surface area is 110 Å². The first-order valence-electron chi connectivity index (χ1n) is 5.93. The molecule has 1 fully saturated rings. The summed E-state index contributed by atoms with van der Waals surface area (Å²) in [6, 6.07) is 0.375. The lowest BCUT2D eigenvalue weighted by Gasteiger charge is -2.05. The van der Waals surface area contributed by atoms with Crippen LogP contribution in [0.5, 0.6) is 0 Å². The summed E-state index contributed by atoms with van der Waals surface area (Å²) in [6.45, 7) is 0.449. The van der Waals surface area contributed by atoms with Gasteiger partial charge in [-0.1, -0.05) is 0 Å². The Hall–Kier alpha value is -1.24. The number of amides is 2. The molecule has 0 unspecified atom stereocenters. The highest BCUT2D eigenvalue weighted by molar-refractivity contribution is 8.00. The first-order valence-corrected chi connectivity index (χ1v) is 7.09. The van der Waals surface area contributed by atoms with E-state index >= 15 is 0 Å². The van der Waals surface area contributed by atoms with Crippen LogP contribution in [0, 0.1) is 0 Å². The number of carbonyl (C=O) groups excluding carboxylic acids is 2. The summed E-state index contributed by atoms with van der Waals surface area (Å²) < 4.78 is 0. The standard InChI is InChI=1S/C11H18N2O4S/c14-9(13-8-3-4-8)2-1-5-12-10(15)6-18-7-11(16)17/h8H,1-7H2,(H,12,15)(H,13,14)(H,16,17). The molecular formula is C11H18N2O4S. The number of carbonyl (C=O) groups is 3.